The average Bonchev–Trinajstić information content (AvgIpc) is 2.48. The van der Waals surface area contributed by atoms with Crippen LogP contribution in [0.4, 0.5) is 4.39 Å². The van der Waals surface area contributed by atoms with Crippen LogP contribution in [0.5, 0.6) is 0 Å². The fraction of sp³-hybridized carbons (Fsp3) is 0.625. The molecule has 2 heterocycles. The summed E-state index contributed by atoms with van der Waals surface area (Å²) in [4.78, 5) is 18.5. The molecule has 1 aromatic rings. The Morgan fingerprint density at radius 2 is 2.15 bits per heavy atom. The molecule has 1 aliphatic rings. The molecule has 0 N–H and O–H groups in total. The second-order valence-electron chi connectivity index (χ2n) is 5.78. The van der Waals surface area contributed by atoms with Crippen LogP contribution in [0.15, 0.2) is 18.3 Å². The number of carbonyl (C=O) groups is 1. The van der Waals surface area contributed by atoms with Crippen LogP contribution in [-0.2, 0) is 0 Å². The smallest absolute Gasteiger partial charge is 0.185 e. The summed E-state index contributed by atoms with van der Waals surface area (Å²) in [5.41, 5.74) is 0.363. The number of nitrogens with zero attached hydrogens (tertiary/aromatic N) is 2. The number of hydrogen-bond acceptors (Lipinski definition) is 3. The predicted octanol–water partition coefficient (Wildman–Crippen LogP) is 3.16. The molecule has 0 radical (unpaired) electrons. The fourth-order valence-electron chi connectivity index (χ4n) is 2.82. The normalized spacial score (nSPS) is 18.9. The molecule has 4 heteroatoms. The third kappa shape index (κ3) is 3.85. The highest BCUT2D eigenvalue weighted by atomic mass is 19.1. The van der Waals surface area contributed by atoms with Gasteiger partial charge in [-0.15, -0.1) is 0 Å². The number of Topliss-reactive ketones (excluding diaryl/α,β-unsaturated/α-hetero) is 1. The van der Waals surface area contributed by atoms with Crippen molar-refractivity contribution in [2.75, 3.05) is 19.6 Å². The topological polar surface area (TPSA) is 33.2 Å². The minimum Gasteiger partial charge on any atom is -0.303 e. The van der Waals surface area contributed by atoms with Gasteiger partial charge in [0, 0.05) is 12.5 Å². The Morgan fingerprint density at radius 3 is 2.70 bits per heavy atom. The number of rotatable bonds is 5. The monoisotopic (exact) mass is 278 g/mol. The number of ketones is 1. The molecular formula is C16H23FN2O. The van der Waals surface area contributed by atoms with Crippen molar-refractivity contribution in [1.29, 1.82) is 0 Å². The second kappa shape index (κ2) is 6.93. The zero-order valence-corrected chi connectivity index (χ0v) is 12.3. The largest absolute Gasteiger partial charge is 0.303 e. The van der Waals surface area contributed by atoms with E-state index < -0.39 is 5.82 Å². The molecule has 0 amide bonds. The maximum Gasteiger partial charge on any atom is 0.185 e. The number of halogens is 1. The molecule has 1 atom stereocenters. The molecule has 0 saturated carbocycles. The molecule has 0 aliphatic carbocycles. The van der Waals surface area contributed by atoms with E-state index >= 15 is 0 Å². The van der Waals surface area contributed by atoms with Crippen LogP contribution in [0, 0.1) is 17.7 Å². The summed E-state index contributed by atoms with van der Waals surface area (Å²) in [5, 5.41) is 0. The Morgan fingerprint density at radius 1 is 1.45 bits per heavy atom. The van der Waals surface area contributed by atoms with Gasteiger partial charge < -0.3 is 4.90 Å². The number of hydrogen-bond donors (Lipinski definition) is 0. The summed E-state index contributed by atoms with van der Waals surface area (Å²) in [6, 6.07) is 2.76. The van der Waals surface area contributed by atoms with E-state index in [0.717, 1.165) is 31.7 Å². The van der Waals surface area contributed by atoms with Gasteiger partial charge in [0.1, 0.15) is 11.5 Å². The van der Waals surface area contributed by atoms with Gasteiger partial charge in [0.05, 0.1) is 6.20 Å². The van der Waals surface area contributed by atoms with Crippen molar-refractivity contribution < 1.29 is 9.18 Å². The summed E-state index contributed by atoms with van der Waals surface area (Å²) in [7, 11) is 0. The number of aromatic nitrogens is 1. The van der Waals surface area contributed by atoms with E-state index in [0.29, 0.717) is 5.69 Å². The first-order valence-corrected chi connectivity index (χ1v) is 7.48. The molecule has 1 fully saturated rings. The Labute approximate surface area is 120 Å². The lowest BCUT2D eigenvalue weighted by molar-refractivity contribution is 0.0863. The summed E-state index contributed by atoms with van der Waals surface area (Å²) in [6.07, 6.45) is 4.81. The van der Waals surface area contributed by atoms with Crippen molar-refractivity contribution in [2.45, 2.75) is 33.1 Å². The highest BCUT2D eigenvalue weighted by Gasteiger charge is 2.23. The van der Waals surface area contributed by atoms with Crippen LogP contribution in [-0.4, -0.2) is 35.3 Å². The lowest BCUT2D eigenvalue weighted by Gasteiger charge is -2.32. The summed E-state index contributed by atoms with van der Waals surface area (Å²) < 4.78 is 12.8. The number of pyridine rings is 1. The van der Waals surface area contributed by atoms with Crippen LogP contribution in [0.2, 0.25) is 0 Å². The van der Waals surface area contributed by atoms with E-state index in [2.05, 4.69) is 16.8 Å². The van der Waals surface area contributed by atoms with Crippen LogP contribution in [0.1, 0.15) is 43.6 Å². The zero-order valence-electron chi connectivity index (χ0n) is 12.3. The molecule has 0 bridgehead atoms. The van der Waals surface area contributed by atoms with E-state index in [1.807, 2.05) is 6.92 Å². The van der Waals surface area contributed by atoms with Gasteiger partial charge in [0.25, 0.3) is 0 Å². The third-order valence-electron chi connectivity index (χ3n) is 4.24. The molecule has 1 aliphatic heterocycles. The molecule has 1 saturated heterocycles. The van der Waals surface area contributed by atoms with Gasteiger partial charge in [-0.1, -0.05) is 20.3 Å². The Bertz CT molecular complexity index is 438. The van der Waals surface area contributed by atoms with Crippen molar-refractivity contribution >= 4 is 5.78 Å². The molecule has 1 aromatic heterocycles. The minimum absolute atomic E-state index is 0.00242. The third-order valence-corrected chi connectivity index (χ3v) is 4.24. The van der Waals surface area contributed by atoms with Gasteiger partial charge in [-0.05, 0) is 44.0 Å². The van der Waals surface area contributed by atoms with E-state index in [4.69, 9.17) is 0 Å². The predicted molar refractivity (Wildman–Crippen MR) is 77.1 cm³/mol. The Balaban J connectivity index is 1.87. The minimum atomic E-state index is -0.407. The summed E-state index contributed by atoms with van der Waals surface area (Å²) >= 11 is 0. The Kier molecular flexibility index (Phi) is 5.24. The zero-order chi connectivity index (χ0) is 14.5. The van der Waals surface area contributed by atoms with Crippen LogP contribution in [0.3, 0.4) is 0 Å². The van der Waals surface area contributed by atoms with Gasteiger partial charge >= 0.3 is 0 Å². The lowest BCUT2D eigenvalue weighted by atomic mass is 9.93. The van der Waals surface area contributed by atoms with Gasteiger partial charge in [0.15, 0.2) is 5.78 Å². The molecule has 2 rings (SSSR count). The highest BCUT2D eigenvalue weighted by Crippen LogP contribution is 2.21. The molecule has 1 unspecified atom stereocenters. The standard InChI is InChI=1S/C16H23FN2O/c1-3-13-6-8-19(9-7-13)11-12(2)16(20)15-5-4-14(17)10-18-15/h4-5,10,12-13H,3,6-9,11H2,1-2H3. The highest BCUT2D eigenvalue weighted by molar-refractivity contribution is 5.95. The summed E-state index contributed by atoms with van der Waals surface area (Å²) in [6.45, 7) is 7.10. The van der Waals surface area contributed by atoms with E-state index in [9.17, 15) is 9.18 Å². The molecule has 20 heavy (non-hydrogen) atoms. The maximum atomic E-state index is 12.8. The fourth-order valence-corrected chi connectivity index (χ4v) is 2.82. The molecular weight excluding hydrogens is 255 g/mol. The average molecular weight is 278 g/mol. The van der Waals surface area contributed by atoms with Gasteiger partial charge in [0.2, 0.25) is 0 Å². The molecule has 0 spiro atoms. The van der Waals surface area contributed by atoms with Crippen LogP contribution < -0.4 is 0 Å². The van der Waals surface area contributed by atoms with Crippen molar-refractivity contribution in [3.8, 4) is 0 Å². The number of carbonyl (C=O) groups excluding carboxylic acids is 1. The SMILES string of the molecule is CCC1CCN(CC(C)C(=O)c2ccc(F)cn2)CC1. The van der Waals surface area contributed by atoms with Crippen LogP contribution >= 0.6 is 0 Å². The van der Waals surface area contributed by atoms with E-state index in [1.54, 1.807) is 0 Å². The van der Waals surface area contributed by atoms with E-state index in [-0.39, 0.29) is 11.7 Å². The molecule has 110 valence electrons. The first-order valence-electron chi connectivity index (χ1n) is 7.48. The number of piperidine rings is 1. The van der Waals surface area contributed by atoms with Crippen LogP contribution in [0.25, 0.3) is 0 Å². The van der Waals surface area contributed by atoms with Crippen molar-refractivity contribution in [3.63, 3.8) is 0 Å². The molecule has 0 aromatic carbocycles. The van der Waals surface area contributed by atoms with Crippen molar-refractivity contribution in [1.82, 2.24) is 9.88 Å². The van der Waals surface area contributed by atoms with Gasteiger partial charge in [-0.3, -0.25) is 9.78 Å². The first kappa shape index (κ1) is 15.1. The Hall–Kier alpha value is -1.29. The number of likely N-dealkylation sites (tertiary alicyclic amines) is 1. The van der Waals surface area contributed by atoms with Gasteiger partial charge in [-0.25, -0.2) is 4.39 Å². The van der Waals surface area contributed by atoms with Crippen molar-refractivity contribution in [3.05, 3.63) is 29.8 Å². The second-order valence-corrected chi connectivity index (χ2v) is 5.78. The maximum absolute atomic E-state index is 12.8. The van der Waals surface area contributed by atoms with E-state index in [1.165, 1.54) is 31.4 Å². The lowest BCUT2D eigenvalue weighted by Crippen LogP contribution is -2.38. The van der Waals surface area contributed by atoms with Gasteiger partial charge in [-0.2, -0.15) is 0 Å². The summed E-state index contributed by atoms with van der Waals surface area (Å²) in [5.74, 6) is 0.348. The first-order chi connectivity index (χ1) is 9.60. The van der Waals surface area contributed by atoms with Crippen molar-refractivity contribution in [2.24, 2.45) is 11.8 Å². The quantitative estimate of drug-likeness (QED) is 0.776. The molecule has 3 nitrogen and oxygen atoms in total.